The maximum Gasteiger partial charge on any atom is 0.254 e. The van der Waals surface area contributed by atoms with Crippen LogP contribution in [0.25, 0.3) is 0 Å². The summed E-state index contributed by atoms with van der Waals surface area (Å²) in [7, 11) is 0. The van der Waals surface area contributed by atoms with Crippen molar-refractivity contribution in [2.75, 3.05) is 39.3 Å². The van der Waals surface area contributed by atoms with Gasteiger partial charge in [0.2, 0.25) is 5.91 Å². The minimum Gasteiger partial charge on any atom is -0.356 e. The summed E-state index contributed by atoms with van der Waals surface area (Å²) in [6.07, 6.45) is 12.6. The molecule has 2 amide bonds. The van der Waals surface area contributed by atoms with Crippen molar-refractivity contribution in [2.24, 2.45) is 17.3 Å². The first-order valence-corrected chi connectivity index (χ1v) is 12.3. The standard InChI is InChI=1S/C25H38N4O2/c1-2-28-16-9-20(10-17-28)6-15-27-23(30)22-18-29(19-25(22)11-4-3-5-12-25)24(31)21-7-13-26-14-8-21/h7-8,13-14,20,22H,2-6,9-12,15-19H2,1H3,(H,27,30). The molecule has 3 heterocycles. The number of amides is 2. The Morgan fingerprint density at radius 2 is 1.84 bits per heavy atom. The monoisotopic (exact) mass is 426 g/mol. The van der Waals surface area contributed by atoms with Gasteiger partial charge >= 0.3 is 0 Å². The van der Waals surface area contributed by atoms with Crippen LogP contribution in [0.4, 0.5) is 0 Å². The molecule has 1 aromatic heterocycles. The van der Waals surface area contributed by atoms with Crippen LogP contribution >= 0.6 is 0 Å². The van der Waals surface area contributed by atoms with E-state index < -0.39 is 0 Å². The lowest BCUT2D eigenvalue weighted by atomic mass is 9.67. The topological polar surface area (TPSA) is 65.5 Å². The summed E-state index contributed by atoms with van der Waals surface area (Å²) in [6.45, 7) is 7.76. The first kappa shape index (κ1) is 22.3. The molecule has 1 N–H and O–H groups in total. The van der Waals surface area contributed by atoms with Crippen molar-refractivity contribution in [1.29, 1.82) is 0 Å². The van der Waals surface area contributed by atoms with Gasteiger partial charge in [-0.05, 0) is 69.8 Å². The van der Waals surface area contributed by atoms with Gasteiger partial charge in [0.25, 0.3) is 5.91 Å². The van der Waals surface area contributed by atoms with Crippen molar-refractivity contribution in [3.05, 3.63) is 30.1 Å². The number of carbonyl (C=O) groups excluding carboxylic acids is 2. The fourth-order valence-electron chi connectivity index (χ4n) is 6.04. The molecular weight excluding hydrogens is 388 g/mol. The van der Waals surface area contributed by atoms with Gasteiger partial charge in [0.05, 0.1) is 5.92 Å². The van der Waals surface area contributed by atoms with Gasteiger partial charge in [0.15, 0.2) is 0 Å². The summed E-state index contributed by atoms with van der Waals surface area (Å²) >= 11 is 0. The maximum absolute atomic E-state index is 13.3. The molecule has 3 aliphatic rings. The van der Waals surface area contributed by atoms with Gasteiger partial charge in [-0.25, -0.2) is 0 Å². The third-order valence-corrected chi connectivity index (χ3v) is 8.03. The fourth-order valence-corrected chi connectivity index (χ4v) is 6.04. The van der Waals surface area contributed by atoms with E-state index in [9.17, 15) is 9.59 Å². The Kier molecular flexibility index (Phi) is 7.26. The van der Waals surface area contributed by atoms with Crippen molar-refractivity contribution in [1.82, 2.24) is 20.1 Å². The average Bonchev–Trinajstić information content (AvgIpc) is 3.18. The van der Waals surface area contributed by atoms with E-state index in [1.54, 1.807) is 24.5 Å². The highest BCUT2D eigenvalue weighted by Gasteiger charge is 2.51. The first-order valence-electron chi connectivity index (χ1n) is 12.3. The highest BCUT2D eigenvalue weighted by molar-refractivity contribution is 5.95. The molecule has 2 aliphatic heterocycles. The van der Waals surface area contributed by atoms with Crippen LogP contribution in [0, 0.1) is 17.3 Å². The minimum atomic E-state index is -0.0828. The quantitative estimate of drug-likeness (QED) is 0.758. The predicted octanol–water partition coefficient (Wildman–Crippen LogP) is 3.34. The van der Waals surface area contributed by atoms with Gasteiger partial charge in [0.1, 0.15) is 0 Å². The van der Waals surface area contributed by atoms with Crippen LogP contribution in [0.3, 0.4) is 0 Å². The van der Waals surface area contributed by atoms with Crippen LogP contribution in [0.15, 0.2) is 24.5 Å². The summed E-state index contributed by atoms with van der Waals surface area (Å²) in [6, 6.07) is 3.54. The third kappa shape index (κ3) is 5.11. The number of piperidine rings is 1. The second kappa shape index (κ2) is 10.1. The Morgan fingerprint density at radius 1 is 1.13 bits per heavy atom. The summed E-state index contributed by atoms with van der Waals surface area (Å²) in [5.41, 5.74) is 0.623. The number of hydrogen-bond donors (Lipinski definition) is 1. The Balaban J connectivity index is 1.35. The third-order valence-electron chi connectivity index (χ3n) is 8.03. The molecule has 1 atom stereocenters. The largest absolute Gasteiger partial charge is 0.356 e. The molecule has 1 spiro atoms. The van der Waals surface area contributed by atoms with Gasteiger partial charge in [-0.1, -0.05) is 26.2 Å². The van der Waals surface area contributed by atoms with E-state index >= 15 is 0 Å². The molecule has 31 heavy (non-hydrogen) atoms. The van der Waals surface area contributed by atoms with Gasteiger partial charge < -0.3 is 15.1 Å². The number of hydrogen-bond acceptors (Lipinski definition) is 4. The summed E-state index contributed by atoms with van der Waals surface area (Å²) < 4.78 is 0. The van der Waals surface area contributed by atoms with E-state index in [1.807, 2.05) is 4.90 Å². The minimum absolute atomic E-state index is 0.0327. The molecule has 0 bridgehead atoms. The summed E-state index contributed by atoms with van der Waals surface area (Å²) in [5, 5.41) is 3.27. The molecule has 6 heteroatoms. The molecule has 0 aromatic carbocycles. The summed E-state index contributed by atoms with van der Waals surface area (Å²) in [4.78, 5) is 34.8. The van der Waals surface area contributed by atoms with E-state index in [4.69, 9.17) is 0 Å². The van der Waals surface area contributed by atoms with Gasteiger partial charge in [-0.3, -0.25) is 14.6 Å². The molecule has 1 aliphatic carbocycles. The lowest BCUT2D eigenvalue weighted by molar-refractivity contribution is -0.128. The number of pyridine rings is 1. The van der Waals surface area contributed by atoms with Crippen molar-refractivity contribution in [3.8, 4) is 0 Å². The van der Waals surface area contributed by atoms with Crippen molar-refractivity contribution < 1.29 is 9.59 Å². The predicted molar refractivity (Wildman–Crippen MR) is 122 cm³/mol. The second-order valence-electron chi connectivity index (χ2n) is 9.85. The number of likely N-dealkylation sites (tertiary alicyclic amines) is 2. The zero-order valence-corrected chi connectivity index (χ0v) is 19.0. The molecule has 1 unspecified atom stereocenters. The molecule has 2 saturated heterocycles. The zero-order chi connectivity index (χ0) is 21.7. The molecule has 4 rings (SSSR count). The molecule has 0 radical (unpaired) electrons. The van der Waals surface area contributed by atoms with Gasteiger partial charge in [-0.2, -0.15) is 0 Å². The van der Waals surface area contributed by atoms with Crippen LogP contribution in [0.2, 0.25) is 0 Å². The Bertz CT molecular complexity index is 739. The normalized spacial score (nSPS) is 24.4. The number of rotatable bonds is 6. The summed E-state index contributed by atoms with van der Waals surface area (Å²) in [5.74, 6) is 0.837. The van der Waals surface area contributed by atoms with E-state index in [1.165, 1.54) is 32.4 Å². The Hall–Kier alpha value is -1.95. The van der Waals surface area contributed by atoms with Crippen LogP contribution in [-0.4, -0.2) is 65.9 Å². The van der Waals surface area contributed by atoms with Crippen molar-refractivity contribution in [3.63, 3.8) is 0 Å². The number of nitrogens with one attached hydrogen (secondary N) is 1. The van der Waals surface area contributed by atoms with Crippen LogP contribution < -0.4 is 5.32 Å². The highest BCUT2D eigenvalue weighted by Crippen LogP contribution is 2.48. The molecule has 1 saturated carbocycles. The molecule has 1 aromatic rings. The Labute approximate surface area is 186 Å². The average molecular weight is 427 g/mol. The van der Waals surface area contributed by atoms with Crippen LogP contribution in [-0.2, 0) is 4.79 Å². The number of aromatic nitrogens is 1. The van der Waals surface area contributed by atoms with E-state index in [2.05, 4.69) is 22.1 Å². The van der Waals surface area contributed by atoms with E-state index in [-0.39, 0.29) is 23.1 Å². The number of carbonyl (C=O) groups is 2. The van der Waals surface area contributed by atoms with Crippen LogP contribution in [0.1, 0.15) is 68.6 Å². The van der Waals surface area contributed by atoms with Crippen molar-refractivity contribution in [2.45, 2.75) is 58.3 Å². The molecule has 6 nitrogen and oxygen atoms in total. The zero-order valence-electron chi connectivity index (χ0n) is 19.0. The highest BCUT2D eigenvalue weighted by atomic mass is 16.2. The SMILES string of the molecule is CCN1CCC(CCNC(=O)C2CN(C(=O)c3ccncc3)CC23CCCCC3)CC1. The van der Waals surface area contributed by atoms with Crippen LogP contribution in [0.5, 0.6) is 0 Å². The van der Waals surface area contributed by atoms with E-state index in [0.29, 0.717) is 18.7 Å². The Morgan fingerprint density at radius 3 is 2.52 bits per heavy atom. The lowest BCUT2D eigenvalue weighted by Crippen LogP contribution is -2.43. The molecule has 170 valence electrons. The maximum atomic E-state index is 13.3. The first-order chi connectivity index (χ1) is 15.1. The molecular formula is C25H38N4O2. The van der Waals surface area contributed by atoms with Gasteiger partial charge in [-0.15, -0.1) is 0 Å². The lowest BCUT2D eigenvalue weighted by Gasteiger charge is -2.37. The molecule has 3 fully saturated rings. The van der Waals surface area contributed by atoms with Crippen molar-refractivity contribution >= 4 is 11.8 Å². The number of nitrogens with zero attached hydrogens (tertiary/aromatic N) is 3. The smallest absolute Gasteiger partial charge is 0.254 e. The fraction of sp³-hybridized carbons (Fsp3) is 0.720. The second-order valence-corrected chi connectivity index (χ2v) is 9.85. The van der Waals surface area contributed by atoms with E-state index in [0.717, 1.165) is 51.1 Å². The van der Waals surface area contributed by atoms with Gasteiger partial charge in [0, 0.05) is 43.0 Å².